The largest absolute Gasteiger partial charge is 0.354 e. The van der Waals surface area contributed by atoms with Crippen LogP contribution in [0.3, 0.4) is 0 Å². The van der Waals surface area contributed by atoms with Crippen LogP contribution in [0.1, 0.15) is 51.4 Å². The fraction of sp³-hybridized carbons (Fsp3) is 0.933. The normalized spacial score (nSPS) is 24.8. The molecule has 2 saturated carbocycles. The number of nitrogens with one attached hydrogen (secondary N) is 1. The fourth-order valence-electron chi connectivity index (χ4n) is 3.55. The summed E-state index contributed by atoms with van der Waals surface area (Å²) >= 11 is 0. The first-order valence-corrected chi connectivity index (χ1v) is 7.71. The molecule has 2 rings (SSSR count). The van der Waals surface area contributed by atoms with E-state index in [1.54, 1.807) is 0 Å². The van der Waals surface area contributed by atoms with Gasteiger partial charge in [0.2, 0.25) is 5.91 Å². The van der Waals surface area contributed by atoms with E-state index in [9.17, 15) is 4.79 Å². The summed E-state index contributed by atoms with van der Waals surface area (Å²) in [5.41, 5.74) is 5.83. The maximum atomic E-state index is 12.6. The van der Waals surface area contributed by atoms with Gasteiger partial charge in [0.1, 0.15) is 0 Å². The number of nitrogens with zero attached hydrogens (tertiary/aromatic N) is 1. The van der Waals surface area contributed by atoms with E-state index in [1.807, 2.05) is 0 Å². The number of amides is 1. The maximum absolute atomic E-state index is 12.6. The van der Waals surface area contributed by atoms with Crippen LogP contribution in [0.15, 0.2) is 0 Å². The zero-order valence-electron chi connectivity index (χ0n) is 12.5. The molecule has 0 aromatic carbocycles. The molecule has 1 amide bonds. The topological polar surface area (TPSA) is 58.4 Å². The molecule has 0 saturated heterocycles. The van der Waals surface area contributed by atoms with Gasteiger partial charge in [-0.25, -0.2) is 0 Å². The molecule has 110 valence electrons. The Morgan fingerprint density at radius 2 is 1.74 bits per heavy atom. The quantitative estimate of drug-likeness (QED) is 0.793. The van der Waals surface area contributed by atoms with Crippen LogP contribution in [0.2, 0.25) is 0 Å². The Labute approximate surface area is 117 Å². The van der Waals surface area contributed by atoms with Crippen LogP contribution in [0, 0.1) is 5.41 Å². The summed E-state index contributed by atoms with van der Waals surface area (Å²) in [5, 5.41) is 3.21. The minimum atomic E-state index is -0.282. The SMILES string of the molecule is CN(C)C1(CNC(=O)C2(CN)CCCCC2)CCC1. The molecule has 4 nitrogen and oxygen atoms in total. The Hall–Kier alpha value is -0.610. The predicted octanol–water partition coefficient (Wildman–Crippen LogP) is 1.50. The van der Waals surface area contributed by atoms with Crippen LogP contribution in [0.5, 0.6) is 0 Å². The van der Waals surface area contributed by atoms with Gasteiger partial charge in [-0.05, 0) is 46.2 Å². The van der Waals surface area contributed by atoms with Crippen molar-refractivity contribution in [3.05, 3.63) is 0 Å². The lowest BCUT2D eigenvalue weighted by atomic mass is 9.72. The van der Waals surface area contributed by atoms with Gasteiger partial charge in [0, 0.05) is 18.6 Å². The van der Waals surface area contributed by atoms with Crippen LogP contribution < -0.4 is 11.1 Å². The Morgan fingerprint density at radius 1 is 1.11 bits per heavy atom. The summed E-state index contributed by atoms with van der Waals surface area (Å²) in [5.74, 6) is 0.197. The van der Waals surface area contributed by atoms with Gasteiger partial charge < -0.3 is 16.0 Å². The summed E-state index contributed by atoms with van der Waals surface area (Å²) in [4.78, 5) is 14.8. The van der Waals surface area contributed by atoms with Crippen molar-refractivity contribution in [3.63, 3.8) is 0 Å². The minimum Gasteiger partial charge on any atom is -0.354 e. The molecule has 0 aromatic heterocycles. The average Bonchev–Trinajstić information content (AvgIpc) is 2.37. The number of likely N-dealkylation sites (N-methyl/N-ethyl adjacent to an activating group) is 1. The highest BCUT2D eigenvalue weighted by Gasteiger charge is 2.42. The zero-order chi connectivity index (χ0) is 13.9. The Kier molecular flexibility index (Phi) is 4.51. The summed E-state index contributed by atoms with van der Waals surface area (Å²) < 4.78 is 0. The first-order valence-electron chi connectivity index (χ1n) is 7.71. The number of carbonyl (C=O) groups is 1. The molecule has 0 aromatic rings. The van der Waals surface area contributed by atoms with Gasteiger partial charge in [-0.15, -0.1) is 0 Å². The van der Waals surface area contributed by atoms with Gasteiger partial charge in [-0.2, -0.15) is 0 Å². The molecule has 3 N–H and O–H groups in total. The van der Waals surface area contributed by atoms with E-state index in [0.717, 1.165) is 32.2 Å². The predicted molar refractivity (Wildman–Crippen MR) is 77.9 cm³/mol. The lowest BCUT2D eigenvalue weighted by Crippen LogP contribution is -2.59. The van der Waals surface area contributed by atoms with E-state index < -0.39 is 0 Å². The van der Waals surface area contributed by atoms with E-state index in [4.69, 9.17) is 5.73 Å². The first kappa shape index (κ1) is 14.8. The second kappa shape index (κ2) is 5.80. The molecule has 0 aliphatic heterocycles. The third kappa shape index (κ3) is 2.79. The highest BCUT2D eigenvalue weighted by atomic mass is 16.2. The molecule has 0 bridgehead atoms. The smallest absolute Gasteiger partial charge is 0.227 e. The molecule has 19 heavy (non-hydrogen) atoms. The van der Waals surface area contributed by atoms with Crippen LogP contribution in [-0.4, -0.2) is 43.5 Å². The highest BCUT2D eigenvalue weighted by molar-refractivity contribution is 5.83. The Balaban J connectivity index is 1.92. The monoisotopic (exact) mass is 267 g/mol. The van der Waals surface area contributed by atoms with E-state index >= 15 is 0 Å². The number of rotatable bonds is 5. The zero-order valence-corrected chi connectivity index (χ0v) is 12.5. The van der Waals surface area contributed by atoms with Crippen molar-refractivity contribution in [1.29, 1.82) is 0 Å². The molecule has 4 heteroatoms. The lowest BCUT2D eigenvalue weighted by Gasteiger charge is -2.48. The van der Waals surface area contributed by atoms with Crippen molar-refractivity contribution in [1.82, 2.24) is 10.2 Å². The number of carbonyl (C=O) groups excluding carboxylic acids is 1. The highest BCUT2D eigenvalue weighted by Crippen LogP contribution is 2.38. The molecule has 2 fully saturated rings. The Bertz CT molecular complexity index is 317. The van der Waals surface area contributed by atoms with Crippen LogP contribution in [-0.2, 0) is 4.79 Å². The van der Waals surface area contributed by atoms with Gasteiger partial charge in [0.15, 0.2) is 0 Å². The van der Waals surface area contributed by atoms with Gasteiger partial charge in [-0.3, -0.25) is 4.79 Å². The molecule has 2 aliphatic carbocycles. The molecular weight excluding hydrogens is 238 g/mol. The van der Waals surface area contributed by atoms with Gasteiger partial charge >= 0.3 is 0 Å². The maximum Gasteiger partial charge on any atom is 0.227 e. The molecule has 0 unspecified atom stereocenters. The second-order valence-corrected chi connectivity index (χ2v) is 6.70. The lowest BCUT2D eigenvalue weighted by molar-refractivity contribution is -0.133. The first-order chi connectivity index (χ1) is 9.05. The molecule has 0 heterocycles. The van der Waals surface area contributed by atoms with Crippen molar-refractivity contribution in [3.8, 4) is 0 Å². The third-order valence-electron chi connectivity index (χ3n) is 5.49. The van der Waals surface area contributed by atoms with Crippen molar-refractivity contribution < 1.29 is 4.79 Å². The van der Waals surface area contributed by atoms with Crippen molar-refractivity contribution in [2.75, 3.05) is 27.2 Å². The van der Waals surface area contributed by atoms with E-state index in [2.05, 4.69) is 24.3 Å². The molecule has 0 radical (unpaired) electrons. The van der Waals surface area contributed by atoms with Crippen LogP contribution >= 0.6 is 0 Å². The minimum absolute atomic E-state index is 0.195. The van der Waals surface area contributed by atoms with Gasteiger partial charge in [0.25, 0.3) is 0 Å². The molecule has 0 spiro atoms. The average molecular weight is 267 g/mol. The summed E-state index contributed by atoms with van der Waals surface area (Å²) in [6, 6.07) is 0. The molecule has 2 aliphatic rings. The van der Waals surface area contributed by atoms with Crippen LogP contribution in [0.4, 0.5) is 0 Å². The van der Waals surface area contributed by atoms with Gasteiger partial charge in [-0.1, -0.05) is 19.3 Å². The molecular formula is C15H29N3O. The van der Waals surface area contributed by atoms with Crippen molar-refractivity contribution in [2.24, 2.45) is 11.1 Å². The molecule has 0 atom stereocenters. The van der Waals surface area contributed by atoms with E-state index in [0.29, 0.717) is 6.54 Å². The summed E-state index contributed by atoms with van der Waals surface area (Å²) in [7, 11) is 4.23. The fourth-order valence-corrected chi connectivity index (χ4v) is 3.55. The number of hydrogen-bond donors (Lipinski definition) is 2. The third-order valence-corrected chi connectivity index (χ3v) is 5.49. The summed E-state index contributed by atoms with van der Waals surface area (Å²) in [6.45, 7) is 1.27. The Morgan fingerprint density at radius 3 is 2.16 bits per heavy atom. The van der Waals surface area contributed by atoms with E-state index in [-0.39, 0.29) is 16.9 Å². The standard InChI is InChI=1S/C15H29N3O/c1-18(2)15(9-6-10-15)12-17-13(19)14(11-16)7-4-3-5-8-14/h3-12,16H2,1-2H3,(H,17,19). The number of nitrogens with two attached hydrogens (primary N) is 1. The second-order valence-electron chi connectivity index (χ2n) is 6.70. The summed E-state index contributed by atoms with van der Waals surface area (Å²) in [6.07, 6.45) is 9.11. The number of hydrogen-bond acceptors (Lipinski definition) is 3. The van der Waals surface area contributed by atoms with Crippen molar-refractivity contribution in [2.45, 2.75) is 56.9 Å². The van der Waals surface area contributed by atoms with Gasteiger partial charge in [0.05, 0.1) is 5.41 Å². The van der Waals surface area contributed by atoms with Crippen molar-refractivity contribution >= 4 is 5.91 Å². The van der Waals surface area contributed by atoms with Crippen LogP contribution in [0.25, 0.3) is 0 Å². The van der Waals surface area contributed by atoms with E-state index in [1.165, 1.54) is 25.7 Å².